The number of carbonyl (C=O) groups excluding carboxylic acids is 2. The molecule has 0 aliphatic carbocycles. The minimum Gasteiger partial charge on any atom is -0.452 e. The lowest BCUT2D eigenvalue weighted by atomic mass is 10.2. The van der Waals surface area contributed by atoms with E-state index >= 15 is 0 Å². The highest BCUT2D eigenvalue weighted by molar-refractivity contribution is 7.92. The highest BCUT2D eigenvalue weighted by Gasteiger charge is 2.22. The van der Waals surface area contributed by atoms with Crippen molar-refractivity contribution >= 4 is 44.1 Å². The van der Waals surface area contributed by atoms with Crippen LogP contribution in [0.5, 0.6) is 0 Å². The molecule has 1 amide bonds. The summed E-state index contributed by atoms with van der Waals surface area (Å²) < 4.78 is 30.5. The molecule has 0 saturated carbocycles. The van der Waals surface area contributed by atoms with Crippen molar-refractivity contribution in [2.45, 2.75) is 0 Å². The monoisotopic (exact) mass is 471 g/mol. The molecule has 0 unspecified atom stereocenters. The number of rotatable bonds is 9. The van der Waals surface area contributed by atoms with Crippen molar-refractivity contribution in [3.63, 3.8) is 0 Å². The Morgan fingerprint density at radius 2 is 1.84 bits per heavy atom. The summed E-state index contributed by atoms with van der Waals surface area (Å²) in [5.74, 6) is -1.31. The number of amides is 1. The highest BCUT2D eigenvalue weighted by atomic mass is 32.2. The number of hydrogen-bond donors (Lipinski definition) is 1. The van der Waals surface area contributed by atoms with Gasteiger partial charge in [-0.05, 0) is 12.1 Å². The Labute approximate surface area is 190 Å². The molecule has 0 atom stereocenters. The van der Waals surface area contributed by atoms with Crippen LogP contribution in [0.25, 0.3) is 11.3 Å². The number of thiazole rings is 1. The zero-order valence-electron chi connectivity index (χ0n) is 17.2. The Hall–Kier alpha value is -3.50. The van der Waals surface area contributed by atoms with E-state index in [9.17, 15) is 18.0 Å². The van der Waals surface area contributed by atoms with Gasteiger partial charge >= 0.3 is 5.97 Å². The van der Waals surface area contributed by atoms with E-state index in [1.165, 1.54) is 28.4 Å². The van der Waals surface area contributed by atoms with Gasteiger partial charge in [0.2, 0.25) is 10.0 Å². The number of aromatic nitrogens is 1. The van der Waals surface area contributed by atoms with Crippen molar-refractivity contribution < 1.29 is 22.7 Å². The molecule has 8 nitrogen and oxygen atoms in total. The first-order chi connectivity index (χ1) is 15.3. The van der Waals surface area contributed by atoms with Crippen molar-refractivity contribution in [1.29, 1.82) is 0 Å². The molecule has 1 N–H and O–H groups in total. The molecule has 0 radical (unpaired) electrons. The average Bonchev–Trinajstić information content (AvgIpc) is 3.25. The van der Waals surface area contributed by atoms with Crippen LogP contribution >= 0.6 is 11.3 Å². The quantitative estimate of drug-likeness (QED) is 0.378. The number of esters is 1. The summed E-state index contributed by atoms with van der Waals surface area (Å²) in [6.45, 7) is 3.32. The number of ether oxygens (including phenoxy) is 1. The van der Waals surface area contributed by atoms with Crippen LogP contribution in [-0.4, -0.2) is 44.7 Å². The van der Waals surface area contributed by atoms with Crippen LogP contribution < -0.4 is 9.62 Å². The summed E-state index contributed by atoms with van der Waals surface area (Å²) in [7, 11) is -3.59. The number of carbonyl (C=O) groups is 2. The Kier molecular flexibility index (Phi) is 7.39. The van der Waals surface area contributed by atoms with E-state index in [0.29, 0.717) is 5.13 Å². The minimum atomic E-state index is -3.59. The van der Waals surface area contributed by atoms with Crippen molar-refractivity contribution in [2.24, 2.45) is 0 Å². The van der Waals surface area contributed by atoms with Gasteiger partial charge in [-0.25, -0.2) is 18.2 Å². The molecule has 0 saturated heterocycles. The second-order valence-electron chi connectivity index (χ2n) is 6.67. The fourth-order valence-electron chi connectivity index (χ4n) is 2.78. The van der Waals surface area contributed by atoms with Crippen LogP contribution in [-0.2, 0) is 19.6 Å². The molecule has 2 aromatic carbocycles. The third-order valence-corrected chi connectivity index (χ3v) is 5.63. The van der Waals surface area contributed by atoms with Gasteiger partial charge in [-0.15, -0.1) is 17.9 Å². The fourth-order valence-corrected chi connectivity index (χ4v) is 4.22. The predicted octanol–water partition coefficient (Wildman–Crippen LogP) is 3.56. The van der Waals surface area contributed by atoms with Gasteiger partial charge in [-0.1, -0.05) is 48.5 Å². The maximum absolute atomic E-state index is 12.8. The topological polar surface area (TPSA) is 106 Å². The molecule has 0 aliphatic rings. The molecule has 0 spiro atoms. The van der Waals surface area contributed by atoms with Gasteiger partial charge in [0.05, 0.1) is 23.2 Å². The molecule has 3 aromatic rings. The molecule has 0 aliphatic heterocycles. The zero-order chi connectivity index (χ0) is 23.1. The smallest absolute Gasteiger partial charge is 0.340 e. The van der Waals surface area contributed by atoms with Crippen LogP contribution in [0.4, 0.5) is 10.8 Å². The standard InChI is InChI=1S/C22H21N3O5S2/c1-3-13-25(22-23-19(15-31-22)16-9-5-4-6-10-16)20(26)14-30-21(27)17-11-7-8-12-18(17)24-32(2,28)29/h3-12,15,24H,1,13-14H2,2H3. The lowest BCUT2D eigenvalue weighted by molar-refractivity contribution is -0.121. The number of nitrogens with zero attached hydrogens (tertiary/aromatic N) is 2. The average molecular weight is 472 g/mol. The van der Waals surface area contributed by atoms with Crippen molar-refractivity contribution in [3.8, 4) is 11.3 Å². The summed E-state index contributed by atoms with van der Waals surface area (Å²) >= 11 is 1.29. The van der Waals surface area contributed by atoms with Crippen LogP contribution in [0.2, 0.25) is 0 Å². The van der Waals surface area contributed by atoms with Crippen molar-refractivity contribution in [2.75, 3.05) is 29.0 Å². The Morgan fingerprint density at radius 3 is 2.53 bits per heavy atom. The van der Waals surface area contributed by atoms with E-state index in [4.69, 9.17) is 4.74 Å². The highest BCUT2D eigenvalue weighted by Crippen LogP contribution is 2.27. The van der Waals surface area contributed by atoms with Crippen molar-refractivity contribution in [1.82, 2.24) is 4.98 Å². The third kappa shape index (κ3) is 6.02. The summed E-state index contributed by atoms with van der Waals surface area (Å²) in [4.78, 5) is 31.2. The second-order valence-corrected chi connectivity index (χ2v) is 9.26. The van der Waals surface area contributed by atoms with E-state index in [0.717, 1.165) is 17.5 Å². The summed E-state index contributed by atoms with van der Waals surface area (Å²) in [6.07, 6.45) is 2.53. The molecule has 0 bridgehead atoms. The Bertz CT molecular complexity index is 1220. The maximum Gasteiger partial charge on any atom is 0.340 e. The Morgan fingerprint density at radius 1 is 1.16 bits per heavy atom. The summed E-state index contributed by atoms with van der Waals surface area (Å²) in [5.41, 5.74) is 1.72. The summed E-state index contributed by atoms with van der Waals surface area (Å²) in [5, 5.41) is 2.29. The Balaban J connectivity index is 1.72. The number of benzene rings is 2. The molecule has 1 heterocycles. The van der Waals surface area contributed by atoms with Gasteiger partial charge in [-0.2, -0.15) is 0 Å². The number of sulfonamides is 1. The minimum absolute atomic E-state index is 0.00149. The van der Waals surface area contributed by atoms with Gasteiger partial charge in [0.25, 0.3) is 5.91 Å². The summed E-state index contributed by atoms with van der Waals surface area (Å²) in [6, 6.07) is 15.5. The second kappa shape index (κ2) is 10.2. The predicted molar refractivity (Wildman–Crippen MR) is 125 cm³/mol. The fraction of sp³-hybridized carbons (Fsp3) is 0.136. The molecule has 1 aromatic heterocycles. The molecule has 10 heteroatoms. The molecular weight excluding hydrogens is 450 g/mol. The van der Waals surface area contributed by atoms with Crippen LogP contribution in [0, 0.1) is 0 Å². The molecular formula is C22H21N3O5S2. The van der Waals surface area contributed by atoms with E-state index in [2.05, 4.69) is 16.3 Å². The van der Waals surface area contributed by atoms with Gasteiger partial charge in [0.1, 0.15) is 0 Å². The molecule has 166 valence electrons. The van der Waals surface area contributed by atoms with Gasteiger partial charge in [0, 0.05) is 17.5 Å². The lowest BCUT2D eigenvalue weighted by Gasteiger charge is -2.18. The van der Waals surface area contributed by atoms with Crippen LogP contribution in [0.3, 0.4) is 0 Å². The van der Waals surface area contributed by atoms with Crippen molar-refractivity contribution in [3.05, 3.63) is 78.2 Å². The van der Waals surface area contributed by atoms with Gasteiger partial charge in [-0.3, -0.25) is 14.4 Å². The van der Waals surface area contributed by atoms with Crippen LogP contribution in [0.15, 0.2) is 72.6 Å². The SMILES string of the molecule is C=CCN(C(=O)COC(=O)c1ccccc1NS(C)(=O)=O)c1nc(-c2ccccc2)cs1. The number of para-hydroxylation sites is 1. The van der Waals surface area contributed by atoms with E-state index < -0.39 is 28.5 Å². The molecule has 3 rings (SSSR count). The zero-order valence-corrected chi connectivity index (χ0v) is 18.9. The normalized spacial score (nSPS) is 10.9. The van der Waals surface area contributed by atoms with Crippen LogP contribution in [0.1, 0.15) is 10.4 Å². The van der Waals surface area contributed by atoms with E-state index in [1.807, 2.05) is 35.7 Å². The number of nitrogens with one attached hydrogen (secondary N) is 1. The number of hydrogen-bond acceptors (Lipinski definition) is 7. The third-order valence-electron chi connectivity index (χ3n) is 4.17. The van der Waals surface area contributed by atoms with Gasteiger partial charge in [0.15, 0.2) is 11.7 Å². The number of anilines is 2. The maximum atomic E-state index is 12.8. The first kappa shape index (κ1) is 23.2. The first-order valence-electron chi connectivity index (χ1n) is 9.44. The van der Waals surface area contributed by atoms with E-state index in [-0.39, 0.29) is 17.8 Å². The van der Waals surface area contributed by atoms with Gasteiger partial charge < -0.3 is 4.74 Å². The lowest BCUT2D eigenvalue weighted by Crippen LogP contribution is -2.35. The largest absolute Gasteiger partial charge is 0.452 e. The van der Waals surface area contributed by atoms with E-state index in [1.54, 1.807) is 18.2 Å². The molecule has 32 heavy (non-hydrogen) atoms. The first-order valence-corrected chi connectivity index (χ1v) is 12.2. The molecule has 0 fully saturated rings.